The van der Waals surface area contributed by atoms with Crippen molar-refractivity contribution in [3.05, 3.63) is 30.3 Å². The van der Waals surface area contributed by atoms with Gasteiger partial charge in [0.15, 0.2) is 0 Å². The molecule has 0 spiro atoms. The summed E-state index contributed by atoms with van der Waals surface area (Å²) >= 11 is 3.93. The highest BCUT2D eigenvalue weighted by molar-refractivity contribution is 7.80. The molecule has 0 radical (unpaired) electrons. The summed E-state index contributed by atoms with van der Waals surface area (Å²) in [5.41, 5.74) is 6.08. The van der Waals surface area contributed by atoms with E-state index in [1.54, 1.807) is 30.3 Å². The molecular formula is C11H14N2O3S. The van der Waals surface area contributed by atoms with Crippen LogP contribution in [0, 0.1) is 0 Å². The third kappa shape index (κ3) is 3.76. The lowest BCUT2D eigenvalue weighted by Gasteiger charge is -2.23. The van der Waals surface area contributed by atoms with Crippen molar-refractivity contribution in [2.24, 2.45) is 5.73 Å². The molecular weight excluding hydrogens is 240 g/mol. The summed E-state index contributed by atoms with van der Waals surface area (Å²) in [6, 6.07) is 7.75. The second-order valence-electron chi connectivity index (χ2n) is 3.44. The van der Waals surface area contributed by atoms with Gasteiger partial charge in [-0.1, -0.05) is 18.2 Å². The first kappa shape index (κ1) is 13.5. The van der Waals surface area contributed by atoms with Crippen LogP contribution in [0.3, 0.4) is 0 Å². The van der Waals surface area contributed by atoms with Gasteiger partial charge in [-0.2, -0.15) is 12.6 Å². The molecule has 5 nitrogen and oxygen atoms in total. The third-order valence-electron chi connectivity index (χ3n) is 2.14. The summed E-state index contributed by atoms with van der Waals surface area (Å²) in [6.45, 7) is -0.412. The van der Waals surface area contributed by atoms with Gasteiger partial charge >= 0.3 is 5.97 Å². The summed E-state index contributed by atoms with van der Waals surface area (Å²) in [6.07, 6.45) is 0. The number of hydrogen-bond acceptors (Lipinski definition) is 4. The predicted molar refractivity (Wildman–Crippen MR) is 68.3 cm³/mol. The van der Waals surface area contributed by atoms with Crippen LogP contribution in [0.1, 0.15) is 0 Å². The number of amides is 1. The molecule has 0 aliphatic rings. The number of benzene rings is 1. The van der Waals surface area contributed by atoms with E-state index in [9.17, 15) is 9.59 Å². The van der Waals surface area contributed by atoms with E-state index in [2.05, 4.69) is 12.6 Å². The van der Waals surface area contributed by atoms with Gasteiger partial charge in [-0.15, -0.1) is 0 Å². The average Bonchev–Trinajstić information content (AvgIpc) is 2.35. The fourth-order valence-electron chi connectivity index (χ4n) is 1.32. The number of nitrogens with zero attached hydrogens (tertiary/aromatic N) is 1. The van der Waals surface area contributed by atoms with Crippen molar-refractivity contribution in [1.29, 1.82) is 0 Å². The Morgan fingerprint density at radius 3 is 2.41 bits per heavy atom. The van der Waals surface area contributed by atoms with Gasteiger partial charge in [0.25, 0.3) is 0 Å². The van der Waals surface area contributed by atoms with E-state index in [-0.39, 0.29) is 5.75 Å². The van der Waals surface area contributed by atoms with Gasteiger partial charge in [-0.05, 0) is 12.1 Å². The summed E-state index contributed by atoms with van der Waals surface area (Å²) in [5.74, 6) is -1.37. The molecule has 92 valence electrons. The van der Waals surface area contributed by atoms with Crippen molar-refractivity contribution in [3.8, 4) is 0 Å². The summed E-state index contributed by atoms with van der Waals surface area (Å²) in [7, 11) is 0. The number of nitrogens with two attached hydrogens (primary N) is 1. The number of para-hydroxylation sites is 1. The Morgan fingerprint density at radius 1 is 1.35 bits per heavy atom. The van der Waals surface area contributed by atoms with Gasteiger partial charge in [-0.25, -0.2) is 0 Å². The second-order valence-corrected chi connectivity index (χ2v) is 3.81. The maximum absolute atomic E-state index is 11.9. The topological polar surface area (TPSA) is 83.6 Å². The maximum atomic E-state index is 11.9. The van der Waals surface area contributed by atoms with Crippen LogP contribution in [0.15, 0.2) is 30.3 Å². The van der Waals surface area contributed by atoms with Gasteiger partial charge in [0.2, 0.25) is 5.91 Å². The molecule has 0 aromatic heterocycles. The lowest BCUT2D eigenvalue weighted by molar-refractivity contribution is -0.136. The zero-order chi connectivity index (χ0) is 12.8. The molecule has 0 saturated heterocycles. The van der Waals surface area contributed by atoms with Gasteiger partial charge in [0.1, 0.15) is 6.54 Å². The largest absolute Gasteiger partial charge is 0.480 e. The Bertz CT molecular complexity index is 397. The number of aliphatic carboxylic acids is 1. The highest BCUT2D eigenvalue weighted by atomic mass is 32.1. The Balaban J connectivity index is 2.96. The maximum Gasteiger partial charge on any atom is 0.323 e. The van der Waals surface area contributed by atoms with Crippen molar-refractivity contribution in [2.75, 3.05) is 17.2 Å². The number of anilines is 1. The lowest BCUT2D eigenvalue weighted by Crippen LogP contribution is -2.47. The fourth-order valence-corrected chi connectivity index (χ4v) is 1.47. The predicted octanol–water partition coefficient (Wildman–Crippen LogP) is 0.361. The van der Waals surface area contributed by atoms with Crippen molar-refractivity contribution >= 4 is 30.2 Å². The van der Waals surface area contributed by atoms with Crippen LogP contribution in [0.5, 0.6) is 0 Å². The van der Waals surface area contributed by atoms with Crippen LogP contribution in [0.2, 0.25) is 0 Å². The third-order valence-corrected chi connectivity index (χ3v) is 2.53. The normalized spacial score (nSPS) is 11.9. The average molecular weight is 254 g/mol. The molecule has 0 unspecified atom stereocenters. The summed E-state index contributed by atoms with van der Waals surface area (Å²) in [4.78, 5) is 23.8. The van der Waals surface area contributed by atoms with Gasteiger partial charge in [0.05, 0.1) is 6.04 Å². The molecule has 0 bridgehead atoms. The Labute approximate surface area is 105 Å². The van der Waals surface area contributed by atoms with E-state index in [0.717, 1.165) is 4.90 Å². The molecule has 0 fully saturated rings. The summed E-state index contributed by atoms with van der Waals surface area (Å²) in [5, 5.41) is 8.79. The van der Waals surface area contributed by atoms with E-state index < -0.39 is 24.5 Å². The molecule has 1 amide bonds. The zero-order valence-corrected chi connectivity index (χ0v) is 10.0. The minimum absolute atomic E-state index is 0.168. The molecule has 6 heteroatoms. The zero-order valence-electron chi connectivity index (χ0n) is 9.11. The Hall–Kier alpha value is -1.53. The Kier molecular flexibility index (Phi) is 4.99. The standard InChI is InChI=1S/C11H14N2O3S/c12-9(7-17)11(16)13(6-10(14)15)8-4-2-1-3-5-8/h1-5,9,17H,6-7,12H2,(H,14,15)/t9-/m1/s1. The first-order valence-electron chi connectivity index (χ1n) is 5.01. The van der Waals surface area contributed by atoms with E-state index in [0.29, 0.717) is 5.69 Å². The van der Waals surface area contributed by atoms with E-state index in [1.807, 2.05) is 0 Å². The molecule has 17 heavy (non-hydrogen) atoms. The van der Waals surface area contributed by atoms with Crippen LogP contribution in [-0.4, -0.2) is 35.3 Å². The molecule has 1 aromatic rings. The number of hydrogen-bond donors (Lipinski definition) is 3. The smallest absolute Gasteiger partial charge is 0.323 e. The minimum atomic E-state index is -1.09. The number of carbonyl (C=O) groups is 2. The molecule has 1 rings (SSSR count). The van der Waals surface area contributed by atoms with Crippen molar-refractivity contribution in [1.82, 2.24) is 0 Å². The number of carboxylic acid groups (broad SMARTS) is 1. The molecule has 3 N–H and O–H groups in total. The monoisotopic (exact) mass is 254 g/mol. The highest BCUT2D eigenvalue weighted by Gasteiger charge is 2.23. The molecule has 0 aliphatic heterocycles. The molecule has 0 aliphatic carbocycles. The first-order chi connectivity index (χ1) is 8.06. The second kappa shape index (κ2) is 6.27. The van der Waals surface area contributed by atoms with Crippen LogP contribution < -0.4 is 10.6 Å². The lowest BCUT2D eigenvalue weighted by atomic mass is 10.2. The number of carboxylic acids is 1. The molecule has 1 aromatic carbocycles. The number of carbonyl (C=O) groups excluding carboxylic acids is 1. The highest BCUT2D eigenvalue weighted by Crippen LogP contribution is 2.14. The van der Waals surface area contributed by atoms with Crippen molar-refractivity contribution in [3.63, 3.8) is 0 Å². The fraction of sp³-hybridized carbons (Fsp3) is 0.273. The van der Waals surface area contributed by atoms with Gasteiger partial charge in [-0.3, -0.25) is 14.5 Å². The van der Waals surface area contributed by atoms with Crippen LogP contribution in [-0.2, 0) is 9.59 Å². The van der Waals surface area contributed by atoms with Gasteiger partial charge < -0.3 is 10.8 Å². The number of thiol groups is 1. The van der Waals surface area contributed by atoms with Crippen LogP contribution in [0.25, 0.3) is 0 Å². The van der Waals surface area contributed by atoms with E-state index in [1.165, 1.54) is 0 Å². The van der Waals surface area contributed by atoms with Gasteiger partial charge in [0, 0.05) is 11.4 Å². The SMILES string of the molecule is N[C@H](CS)C(=O)N(CC(=O)O)c1ccccc1. The molecule has 0 heterocycles. The molecule has 0 saturated carbocycles. The number of rotatable bonds is 5. The van der Waals surface area contributed by atoms with E-state index in [4.69, 9.17) is 10.8 Å². The minimum Gasteiger partial charge on any atom is -0.480 e. The summed E-state index contributed by atoms with van der Waals surface area (Å²) < 4.78 is 0. The van der Waals surface area contributed by atoms with Crippen LogP contribution in [0.4, 0.5) is 5.69 Å². The Morgan fingerprint density at radius 2 is 1.94 bits per heavy atom. The first-order valence-corrected chi connectivity index (χ1v) is 5.64. The van der Waals surface area contributed by atoms with Crippen LogP contribution >= 0.6 is 12.6 Å². The van der Waals surface area contributed by atoms with Crippen molar-refractivity contribution in [2.45, 2.75) is 6.04 Å². The quantitative estimate of drug-likeness (QED) is 0.663. The molecule has 1 atom stereocenters. The van der Waals surface area contributed by atoms with E-state index >= 15 is 0 Å². The van der Waals surface area contributed by atoms with Crippen molar-refractivity contribution < 1.29 is 14.7 Å².